The molecule has 0 spiro atoms. The number of rotatable bonds is 2. The van der Waals surface area contributed by atoms with E-state index in [-0.39, 0.29) is 0 Å². The van der Waals surface area contributed by atoms with Gasteiger partial charge in [-0.1, -0.05) is 12.1 Å². The SMILES string of the molecule is Brc1cccc2ccc(N3CCCC(c4ncc[nH]4)C3)nc12. The molecule has 0 aliphatic carbocycles. The average Bonchev–Trinajstić information content (AvgIpc) is 3.10. The fourth-order valence-electron chi connectivity index (χ4n) is 3.19. The lowest BCUT2D eigenvalue weighted by atomic mass is 9.97. The summed E-state index contributed by atoms with van der Waals surface area (Å²) in [6.07, 6.45) is 6.08. The molecule has 1 atom stereocenters. The maximum Gasteiger partial charge on any atom is 0.129 e. The standard InChI is InChI=1S/C17H17BrN4/c18-14-5-1-3-12-6-7-15(21-16(12)14)22-10-2-4-13(11-22)17-19-8-9-20-17/h1,3,5-9,13H,2,4,10-11H2,(H,19,20). The van der Waals surface area contributed by atoms with Crippen molar-refractivity contribution in [3.05, 3.63) is 53.0 Å². The molecule has 1 fully saturated rings. The number of imidazole rings is 1. The maximum absolute atomic E-state index is 4.86. The Morgan fingerprint density at radius 2 is 2.18 bits per heavy atom. The summed E-state index contributed by atoms with van der Waals surface area (Å²) in [5.74, 6) is 2.60. The van der Waals surface area contributed by atoms with E-state index in [1.165, 1.54) is 12.8 Å². The number of fused-ring (bicyclic) bond motifs is 1. The van der Waals surface area contributed by atoms with Gasteiger partial charge in [-0.05, 0) is 47.0 Å². The Labute approximate surface area is 137 Å². The molecule has 0 amide bonds. The fourth-order valence-corrected chi connectivity index (χ4v) is 3.66. The summed E-state index contributed by atoms with van der Waals surface area (Å²) in [4.78, 5) is 14.9. The van der Waals surface area contributed by atoms with Crippen LogP contribution in [-0.2, 0) is 0 Å². The predicted octanol–water partition coefficient (Wildman–Crippen LogP) is 4.10. The minimum Gasteiger partial charge on any atom is -0.356 e. The van der Waals surface area contributed by atoms with Crippen LogP contribution in [0.25, 0.3) is 10.9 Å². The van der Waals surface area contributed by atoms with Crippen LogP contribution in [0.3, 0.4) is 0 Å². The Kier molecular flexibility index (Phi) is 3.58. The molecule has 4 rings (SSSR count). The van der Waals surface area contributed by atoms with Gasteiger partial charge in [0.25, 0.3) is 0 Å². The van der Waals surface area contributed by atoms with Crippen molar-refractivity contribution in [1.29, 1.82) is 0 Å². The van der Waals surface area contributed by atoms with E-state index in [9.17, 15) is 0 Å². The summed E-state index contributed by atoms with van der Waals surface area (Å²) >= 11 is 3.60. The highest BCUT2D eigenvalue weighted by Gasteiger charge is 2.24. The number of anilines is 1. The Morgan fingerprint density at radius 1 is 1.23 bits per heavy atom. The van der Waals surface area contributed by atoms with E-state index in [1.54, 1.807) is 0 Å². The van der Waals surface area contributed by atoms with Crippen LogP contribution in [-0.4, -0.2) is 28.0 Å². The van der Waals surface area contributed by atoms with Gasteiger partial charge in [0.2, 0.25) is 0 Å². The second kappa shape index (κ2) is 5.72. The van der Waals surface area contributed by atoms with Gasteiger partial charge in [-0.15, -0.1) is 0 Å². The lowest BCUT2D eigenvalue weighted by Gasteiger charge is -2.32. The Balaban J connectivity index is 1.65. The number of nitrogens with one attached hydrogen (secondary N) is 1. The van der Waals surface area contributed by atoms with Crippen molar-refractivity contribution < 1.29 is 0 Å². The molecule has 3 aromatic rings. The molecule has 1 saturated heterocycles. The third-order valence-electron chi connectivity index (χ3n) is 4.31. The summed E-state index contributed by atoms with van der Waals surface area (Å²) in [5.41, 5.74) is 1.03. The molecule has 3 heterocycles. The van der Waals surface area contributed by atoms with Crippen LogP contribution in [0, 0.1) is 0 Å². The van der Waals surface area contributed by atoms with E-state index in [0.29, 0.717) is 5.92 Å². The molecule has 22 heavy (non-hydrogen) atoms. The van der Waals surface area contributed by atoms with Crippen LogP contribution in [0.2, 0.25) is 0 Å². The summed E-state index contributed by atoms with van der Waals surface area (Å²) in [5, 5.41) is 1.16. The molecular weight excluding hydrogens is 340 g/mol. The number of aromatic nitrogens is 3. The minimum absolute atomic E-state index is 0.459. The largest absolute Gasteiger partial charge is 0.356 e. The number of halogens is 1. The molecule has 112 valence electrons. The van der Waals surface area contributed by atoms with Gasteiger partial charge in [-0.25, -0.2) is 9.97 Å². The van der Waals surface area contributed by atoms with Gasteiger partial charge in [0.15, 0.2) is 0 Å². The van der Waals surface area contributed by atoms with Gasteiger partial charge in [0.05, 0.1) is 5.52 Å². The number of pyridine rings is 1. The zero-order valence-electron chi connectivity index (χ0n) is 12.2. The summed E-state index contributed by atoms with van der Waals surface area (Å²) in [6.45, 7) is 2.02. The number of nitrogens with zero attached hydrogens (tertiary/aromatic N) is 3. The zero-order valence-corrected chi connectivity index (χ0v) is 13.8. The van der Waals surface area contributed by atoms with Crippen molar-refractivity contribution in [2.75, 3.05) is 18.0 Å². The molecule has 1 aliphatic heterocycles. The van der Waals surface area contributed by atoms with E-state index in [1.807, 2.05) is 24.5 Å². The number of piperidine rings is 1. The van der Waals surface area contributed by atoms with Gasteiger partial charge < -0.3 is 9.88 Å². The van der Waals surface area contributed by atoms with E-state index >= 15 is 0 Å². The highest BCUT2D eigenvalue weighted by Crippen LogP contribution is 2.29. The first-order valence-electron chi connectivity index (χ1n) is 7.61. The smallest absolute Gasteiger partial charge is 0.129 e. The molecule has 5 heteroatoms. The number of benzene rings is 1. The average molecular weight is 357 g/mol. The lowest BCUT2D eigenvalue weighted by Crippen LogP contribution is -2.35. The normalized spacial score (nSPS) is 18.8. The first-order chi connectivity index (χ1) is 10.8. The maximum atomic E-state index is 4.86. The van der Waals surface area contributed by atoms with Gasteiger partial charge in [-0.2, -0.15) is 0 Å². The summed E-state index contributed by atoms with van der Waals surface area (Å²) in [6, 6.07) is 10.5. The predicted molar refractivity (Wildman–Crippen MR) is 92.2 cm³/mol. The monoisotopic (exact) mass is 356 g/mol. The Morgan fingerprint density at radius 3 is 3.05 bits per heavy atom. The third kappa shape index (κ3) is 2.50. The zero-order chi connectivity index (χ0) is 14.9. The van der Waals surface area contributed by atoms with Crippen LogP contribution >= 0.6 is 15.9 Å². The van der Waals surface area contributed by atoms with Crippen molar-refractivity contribution in [3.8, 4) is 0 Å². The molecule has 0 saturated carbocycles. The number of aromatic amines is 1. The molecule has 1 N–H and O–H groups in total. The van der Waals surface area contributed by atoms with Gasteiger partial charge in [0, 0.05) is 41.3 Å². The number of hydrogen-bond donors (Lipinski definition) is 1. The van der Waals surface area contributed by atoms with Crippen molar-refractivity contribution in [2.24, 2.45) is 0 Å². The van der Waals surface area contributed by atoms with E-state index in [4.69, 9.17) is 4.98 Å². The Bertz CT molecular complexity index is 784. The topological polar surface area (TPSA) is 44.8 Å². The van der Waals surface area contributed by atoms with Gasteiger partial charge in [0.1, 0.15) is 11.6 Å². The highest BCUT2D eigenvalue weighted by molar-refractivity contribution is 9.10. The molecular formula is C17H17BrN4. The molecule has 0 radical (unpaired) electrons. The molecule has 4 nitrogen and oxygen atoms in total. The molecule has 1 aliphatic rings. The van der Waals surface area contributed by atoms with Crippen LogP contribution in [0.15, 0.2) is 47.2 Å². The van der Waals surface area contributed by atoms with Crippen molar-refractivity contribution in [2.45, 2.75) is 18.8 Å². The first kappa shape index (κ1) is 13.8. The van der Waals surface area contributed by atoms with E-state index in [2.05, 4.69) is 49.0 Å². The second-order valence-corrected chi connectivity index (χ2v) is 6.59. The quantitative estimate of drug-likeness (QED) is 0.751. The lowest BCUT2D eigenvalue weighted by molar-refractivity contribution is 0.492. The fraction of sp³-hybridized carbons (Fsp3) is 0.294. The van der Waals surface area contributed by atoms with Crippen LogP contribution in [0.1, 0.15) is 24.6 Å². The minimum atomic E-state index is 0.459. The van der Waals surface area contributed by atoms with Crippen LogP contribution < -0.4 is 4.90 Å². The molecule has 1 unspecified atom stereocenters. The van der Waals surface area contributed by atoms with E-state index in [0.717, 1.165) is 40.1 Å². The number of hydrogen-bond acceptors (Lipinski definition) is 3. The highest BCUT2D eigenvalue weighted by atomic mass is 79.9. The second-order valence-electron chi connectivity index (χ2n) is 5.74. The number of H-pyrrole nitrogens is 1. The van der Waals surface area contributed by atoms with Crippen molar-refractivity contribution >= 4 is 32.7 Å². The third-order valence-corrected chi connectivity index (χ3v) is 4.95. The molecule has 0 bridgehead atoms. The van der Waals surface area contributed by atoms with Crippen molar-refractivity contribution in [1.82, 2.24) is 15.0 Å². The van der Waals surface area contributed by atoms with Gasteiger partial charge >= 0.3 is 0 Å². The number of para-hydroxylation sites is 1. The summed E-state index contributed by atoms with van der Waals surface area (Å²) < 4.78 is 1.05. The molecule has 1 aromatic carbocycles. The first-order valence-corrected chi connectivity index (χ1v) is 8.40. The van der Waals surface area contributed by atoms with Gasteiger partial charge in [-0.3, -0.25) is 0 Å². The molecule has 2 aromatic heterocycles. The van der Waals surface area contributed by atoms with E-state index < -0.39 is 0 Å². The van der Waals surface area contributed by atoms with Crippen molar-refractivity contribution in [3.63, 3.8) is 0 Å². The Hall–Kier alpha value is -1.88. The van der Waals surface area contributed by atoms with Crippen LogP contribution in [0.4, 0.5) is 5.82 Å². The van der Waals surface area contributed by atoms with Crippen LogP contribution in [0.5, 0.6) is 0 Å². The summed E-state index contributed by atoms with van der Waals surface area (Å²) in [7, 11) is 0.